The highest BCUT2D eigenvalue weighted by atomic mass is 79.9. The maximum atomic E-state index is 12.1. The molecule has 0 radical (unpaired) electrons. The molecule has 0 aliphatic carbocycles. The Hall–Kier alpha value is -1.41. The van der Waals surface area contributed by atoms with Crippen LogP contribution in [0, 0.1) is 13.8 Å². The van der Waals surface area contributed by atoms with Gasteiger partial charge >= 0.3 is 0 Å². The van der Waals surface area contributed by atoms with Crippen molar-refractivity contribution in [1.29, 1.82) is 0 Å². The largest absolute Gasteiger partial charge is 0.337 e. The van der Waals surface area contributed by atoms with Crippen molar-refractivity contribution in [2.75, 3.05) is 4.72 Å². The van der Waals surface area contributed by atoms with Gasteiger partial charge in [-0.05, 0) is 41.9 Å². The Morgan fingerprint density at radius 3 is 2.47 bits per heavy atom. The molecule has 0 fully saturated rings. The number of rotatable bonds is 3. The number of imidazole rings is 1. The number of hydrogen-bond acceptors (Lipinski definition) is 4. The summed E-state index contributed by atoms with van der Waals surface area (Å²) < 4.78 is 29.1. The second kappa shape index (κ2) is 4.93. The molecule has 8 heteroatoms. The molecular weight excluding hydrogens is 332 g/mol. The molecule has 0 aliphatic rings. The van der Waals surface area contributed by atoms with Crippen molar-refractivity contribution >= 4 is 31.8 Å². The number of sulfonamides is 1. The fourth-order valence-corrected chi connectivity index (χ4v) is 2.71. The second-order valence-electron chi connectivity index (χ2n) is 4.11. The van der Waals surface area contributed by atoms with Gasteiger partial charge in [0, 0.05) is 17.7 Å². The highest BCUT2D eigenvalue weighted by molar-refractivity contribution is 9.10. The molecule has 0 unspecified atom stereocenters. The summed E-state index contributed by atoms with van der Waals surface area (Å²) in [5, 5.41) is -0.0186. The van der Waals surface area contributed by atoms with E-state index in [0.29, 0.717) is 11.5 Å². The molecule has 2 heterocycles. The molecule has 19 heavy (non-hydrogen) atoms. The van der Waals surface area contributed by atoms with E-state index >= 15 is 0 Å². The monoisotopic (exact) mass is 344 g/mol. The molecule has 6 nitrogen and oxygen atoms in total. The number of nitrogens with zero attached hydrogens (tertiary/aromatic N) is 3. The molecule has 0 aliphatic heterocycles. The SMILES string of the molecule is Cc1nc(NS(=O)(=O)c2cn(C)c(C)n2)ccc1Br. The van der Waals surface area contributed by atoms with Crippen LogP contribution in [0.5, 0.6) is 0 Å². The van der Waals surface area contributed by atoms with Crippen molar-refractivity contribution in [2.24, 2.45) is 7.05 Å². The summed E-state index contributed by atoms with van der Waals surface area (Å²) in [5.74, 6) is 0.893. The van der Waals surface area contributed by atoms with Crippen LogP contribution in [-0.2, 0) is 17.1 Å². The Morgan fingerprint density at radius 1 is 1.26 bits per heavy atom. The molecular formula is C11H13BrN4O2S. The fourth-order valence-electron chi connectivity index (χ4n) is 1.45. The predicted octanol–water partition coefficient (Wildman–Crippen LogP) is 2.00. The van der Waals surface area contributed by atoms with Crippen molar-refractivity contribution in [1.82, 2.24) is 14.5 Å². The van der Waals surface area contributed by atoms with Crippen LogP contribution in [-0.4, -0.2) is 23.0 Å². The quantitative estimate of drug-likeness (QED) is 0.923. The molecule has 0 spiro atoms. The van der Waals surface area contributed by atoms with Crippen molar-refractivity contribution in [3.05, 3.63) is 34.3 Å². The molecule has 0 atom stereocenters. The maximum absolute atomic E-state index is 12.1. The van der Waals surface area contributed by atoms with Crippen LogP contribution in [0.25, 0.3) is 0 Å². The zero-order chi connectivity index (χ0) is 14.2. The van der Waals surface area contributed by atoms with Crippen LogP contribution in [0.1, 0.15) is 11.5 Å². The summed E-state index contributed by atoms with van der Waals surface area (Å²) in [4.78, 5) is 8.13. The van der Waals surface area contributed by atoms with Gasteiger partial charge in [0.1, 0.15) is 11.6 Å². The Morgan fingerprint density at radius 2 is 1.95 bits per heavy atom. The van der Waals surface area contributed by atoms with E-state index in [0.717, 1.165) is 4.47 Å². The summed E-state index contributed by atoms with van der Waals surface area (Å²) in [6, 6.07) is 3.33. The third-order valence-corrected chi connectivity index (χ3v) is 4.69. The molecule has 2 rings (SSSR count). The number of aryl methyl sites for hydroxylation is 3. The number of aromatic nitrogens is 3. The number of nitrogens with one attached hydrogen (secondary N) is 1. The zero-order valence-electron chi connectivity index (χ0n) is 10.7. The van der Waals surface area contributed by atoms with Gasteiger partial charge in [-0.2, -0.15) is 8.42 Å². The van der Waals surface area contributed by atoms with E-state index < -0.39 is 10.0 Å². The zero-order valence-corrected chi connectivity index (χ0v) is 13.1. The van der Waals surface area contributed by atoms with E-state index in [1.54, 1.807) is 37.6 Å². The molecule has 2 aromatic rings. The van der Waals surface area contributed by atoms with Gasteiger partial charge in [0.05, 0.1) is 5.69 Å². The fraction of sp³-hybridized carbons (Fsp3) is 0.273. The second-order valence-corrected chi connectivity index (χ2v) is 6.59. The van der Waals surface area contributed by atoms with Crippen molar-refractivity contribution in [2.45, 2.75) is 18.9 Å². The minimum absolute atomic E-state index is 0.0186. The van der Waals surface area contributed by atoms with Crippen LogP contribution in [0.4, 0.5) is 5.82 Å². The minimum atomic E-state index is -3.70. The van der Waals surface area contributed by atoms with E-state index in [1.807, 2.05) is 0 Å². The molecule has 0 aromatic carbocycles. The van der Waals surface area contributed by atoms with E-state index in [1.165, 1.54) is 6.20 Å². The van der Waals surface area contributed by atoms with Gasteiger partial charge in [-0.3, -0.25) is 4.72 Å². The lowest BCUT2D eigenvalue weighted by Gasteiger charge is -2.06. The van der Waals surface area contributed by atoms with Gasteiger partial charge in [-0.15, -0.1) is 0 Å². The smallest absolute Gasteiger partial charge is 0.282 e. The number of pyridine rings is 1. The Bertz CT molecular complexity index is 705. The van der Waals surface area contributed by atoms with Crippen LogP contribution in [0.3, 0.4) is 0 Å². The van der Waals surface area contributed by atoms with Crippen LogP contribution in [0.15, 0.2) is 27.8 Å². The normalized spacial score (nSPS) is 11.6. The van der Waals surface area contributed by atoms with Gasteiger partial charge in [0.2, 0.25) is 0 Å². The third kappa shape index (κ3) is 2.95. The number of halogens is 1. The minimum Gasteiger partial charge on any atom is -0.337 e. The van der Waals surface area contributed by atoms with Gasteiger partial charge < -0.3 is 4.57 Å². The van der Waals surface area contributed by atoms with Crippen LogP contribution in [0.2, 0.25) is 0 Å². The summed E-state index contributed by atoms with van der Waals surface area (Å²) in [6.07, 6.45) is 1.46. The Balaban J connectivity index is 2.33. The van der Waals surface area contributed by atoms with Crippen LogP contribution < -0.4 is 4.72 Å². The van der Waals surface area contributed by atoms with E-state index in [4.69, 9.17) is 0 Å². The topological polar surface area (TPSA) is 76.9 Å². The first-order valence-electron chi connectivity index (χ1n) is 5.45. The number of hydrogen-bond donors (Lipinski definition) is 1. The molecule has 0 bridgehead atoms. The van der Waals surface area contributed by atoms with Gasteiger partial charge in [0.25, 0.3) is 10.0 Å². The van der Waals surface area contributed by atoms with E-state index in [-0.39, 0.29) is 10.8 Å². The highest BCUT2D eigenvalue weighted by Crippen LogP contribution is 2.18. The Labute approximate surface area is 120 Å². The lowest BCUT2D eigenvalue weighted by molar-refractivity contribution is 0.597. The molecule has 102 valence electrons. The maximum Gasteiger partial charge on any atom is 0.282 e. The summed E-state index contributed by atoms with van der Waals surface area (Å²) >= 11 is 3.31. The third-order valence-electron chi connectivity index (χ3n) is 2.62. The standard InChI is InChI=1S/C11H13BrN4O2S/c1-7-9(12)4-5-10(13-7)15-19(17,18)11-6-16(3)8(2)14-11/h4-6H,1-3H3,(H,13,15). The van der Waals surface area contributed by atoms with Crippen molar-refractivity contribution < 1.29 is 8.42 Å². The first-order chi connectivity index (χ1) is 8.79. The Kier molecular flexibility index (Phi) is 3.64. The predicted molar refractivity (Wildman–Crippen MR) is 75.4 cm³/mol. The van der Waals surface area contributed by atoms with Gasteiger partial charge in [0.15, 0.2) is 5.03 Å². The van der Waals surface area contributed by atoms with Gasteiger partial charge in [-0.25, -0.2) is 9.97 Å². The lowest BCUT2D eigenvalue weighted by Crippen LogP contribution is -2.14. The summed E-state index contributed by atoms with van der Waals surface area (Å²) in [6.45, 7) is 3.52. The van der Waals surface area contributed by atoms with E-state index in [2.05, 4.69) is 30.6 Å². The lowest BCUT2D eigenvalue weighted by atomic mass is 10.4. The molecule has 0 amide bonds. The number of anilines is 1. The molecule has 1 N–H and O–H groups in total. The van der Waals surface area contributed by atoms with Crippen molar-refractivity contribution in [3.63, 3.8) is 0 Å². The molecule has 0 saturated heterocycles. The first-order valence-corrected chi connectivity index (χ1v) is 7.73. The average Bonchev–Trinajstić information content (AvgIpc) is 2.65. The molecule has 2 aromatic heterocycles. The summed E-state index contributed by atoms with van der Waals surface area (Å²) in [5.41, 5.74) is 0.706. The van der Waals surface area contributed by atoms with Crippen LogP contribution >= 0.6 is 15.9 Å². The highest BCUT2D eigenvalue weighted by Gasteiger charge is 2.19. The average molecular weight is 345 g/mol. The van der Waals surface area contributed by atoms with Crippen molar-refractivity contribution in [3.8, 4) is 0 Å². The summed E-state index contributed by atoms with van der Waals surface area (Å²) in [7, 11) is -1.96. The van der Waals surface area contributed by atoms with E-state index in [9.17, 15) is 8.42 Å². The first kappa shape index (κ1) is 14.0. The molecule has 0 saturated carbocycles. The van der Waals surface area contributed by atoms with Gasteiger partial charge in [-0.1, -0.05) is 0 Å².